The Kier molecular flexibility index (Phi) is 4.04. The minimum atomic E-state index is -0.0694. The fourth-order valence-electron chi connectivity index (χ4n) is 1.90. The Morgan fingerprint density at radius 3 is 2.75 bits per heavy atom. The van der Waals surface area contributed by atoms with Crippen LogP contribution >= 0.6 is 0 Å². The van der Waals surface area contributed by atoms with Gasteiger partial charge in [0.1, 0.15) is 0 Å². The van der Waals surface area contributed by atoms with Crippen molar-refractivity contribution in [3.63, 3.8) is 0 Å². The summed E-state index contributed by atoms with van der Waals surface area (Å²) in [5, 5.41) is 9.12. The first-order valence-electron chi connectivity index (χ1n) is 6.73. The Balaban J connectivity index is 2.16. The number of benzene rings is 1. The lowest BCUT2D eigenvalue weighted by Crippen LogP contribution is -2.38. The summed E-state index contributed by atoms with van der Waals surface area (Å²) in [7, 11) is 0. The summed E-state index contributed by atoms with van der Waals surface area (Å²) in [5.41, 5.74) is 0.898. The van der Waals surface area contributed by atoms with Crippen molar-refractivity contribution in [3.8, 4) is 0 Å². The van der Waals surface area contributed by atoms with Crippen LogP contribution in [0, 0.1) is 0 Å². The van der Waals surface area contributed by atoms with Crippen molar-refractivity contribution < 1.29 is 0 Å². The molecule has 2 aromatic rings. The van der Waals surface area contributed by atoms with E-state index in [4.69, 9.17) is 0 Å². The first-order chi connectivity index (χ1) is 9.37. The highest BCUT2D eigenvalue weighted by atomic mass is 16.1. The predicted octanol–water partition coefficient (Wildman–Crippen LogP) is 2.34. The highest BCUT2D eigenvalue weighted by Gasteiger charge is 2.10. The van der Waals surface area contributed by atoms with Crippen LogP contribution in [0.1, 0.15) is 20.8 Å². The number of hydrogen-bond acceptors (Lipinski definition) is 3. The molecule has 20 heavy (non-hydrogen) atoms. The van der Waals surface area contributed by atoms with Crippen molar-refractivity contribution in [3.05, 3.63) is 53.0 Å². The van der Waals surface area contributed by atoms with Gasteiger partial charge in [-0.2, -0.15) is 5.10 Å². The molecule has 0 atom stereocenters. The smallest absolute Gasteiger partial charge is 0.274 e. The molecular formula is C16H21N3O. The maximum atomic E-state index is 12.3. The van der Waals surface area contributed by atoms with Crippen LogP contribution < -0.4 is 10.9 Å². The fourth-order valence-corrected chi connectivity index (χ4v) is 1.90. The van der Waals surface area contributed by atoms with E-state index in [1.165, 1.54) is 4.68 Å². The molecule has 0 aliphatic heterocycles. The summed E-state index contributed by atoms with van der Waals surface area (Å²) in [6, 6.07) is 7.49. The second-order valence-corrected chi connectivity index (χ2v) is 6.05. The van der Waals surface area contributed by atoms with E-state index >= 15 is 0 Å². The second-order valence-electron chi connectivity index (χ2n) is 6.05. The zero-order chi connectivity index (χ0) is 14.8. The Morgan fingerprint density at radius 2 is 2.05 bits per heavy atom. The lowest BCUT2D eigenvalue weighted by molar-refractivity contribution is 0.438. The summed E-state index contributed by atoms with van der Waals surface area (Å²) in [4.78, 5) is 12.3. The van der Waals surface area contributed by atoms with Gasteiger partial charge in [-0.15, -0.1) is 0 Å². The highest BCUT2D eigenvalue weighted by molar-refractivity contribution is 5.80. The van der Waals surface area contributed by atoms with Gasteiger partial charge in [0.25, 0.3) is 5.56 Å². The normalized spacial score (nSPS) is 11.8. The third-order valence-corrected chi connectivity index (χ3v) is 3.00. The maximum absolute atomic E-state index is 12.3. The van der Waals surface area contributed by atoms with Gasteiger partial charge in [0.2, 0.25) is 0 Å². The lowest BCUT2D eigenvalue weighted by atomic mass is 10.1. The van der Waals surface area contributed by atoms with Crippen LogP contribution in [0.3, 0.4) is 0 Å². The standard InChI is InChI=1S/C16H21N3O/c1-12(9-17-16(2,3)4)11-19-15(20)14-8-6-5-7-13(14)10-18-19/h5-8,10,17H,1,9,11H2,2-4H3. The van der Waals surface area contributed by atoms with E-state index in [1.807, 2.05) is 24.3 Å². The summed E-state index contributed by atoms with van der Waals surface area (Å²) in [5.74, 6) is 0. The molecule has 1 aromatic carbocycles. The monoisotopic (exact) mass is 271 g/mol. The third kappa shape index (κ3) is 3.54. The number of nitrogens with one attached hydrogen (secondary N) is 1. The number of hydrogen-bond donors (Lipinski definition) is 1. The van der Waals surface area contributed by atoms with Crippen LogP contribution in [-0.4, -0.2) is 21.9 Å². The molecule has 0 saturated carbocycles. The molecule has 4 heteroatoms. The van der Waals surface area contributed by atoms with Crippen molar-refractivity contribution >= 4 is 10.8 Å². The van der Waals surface area contributed by atoms with Crippen molar-refractivity contribution in [1.29, 1.82) is 0 Å². The predicted molar refractivity (Wildman–Crippen MR) is 82.9 cm³/mol. The molecule has 0 spiro atoms. The minimum Gasteiger partial charge on any atom is -0.308 e. The first kappa shape index (κ1) is 14.5. The molecule has 4 nitrogen and oxygen atoms in total. The summed E-state index contributed by atoms with van der Waals surface area (Å²) in [6.45, 7) is 11.4. The molecule has 0 fully saturated rings. The third-order valence-electron chi connectivity index (χ3n) is 3.00. The summed E-state index contributed by atoms with van der Waals surface area (Å²) >= 11 is 0. The molecule has 2 rings (SSSR count). The number of aromatic nitrogens is 2. The van der Waals surface area contributed by atoms with E-state index in [0.717, 1.165) is 11.0 Å². The molecule has 0 aliphatic rings. The van der Waals surface area contributed by atoms with Crippen molar-refractivity contribution in [1.82, 2.24) is 15.1 Å². The SMILES string of the molecule is C=C(CNC(C)(C)C)Cn1ncc2ccccc2c1=O. The molecule has 106 valence electrons. The Hall–Kier alpha value is -1.94. The number of fused-ring (bicyclic) bond motifs is 1. The van der Waals surface area contributed by atoms with E-state index in [2.05, 4.69) is 37.8 Å². The molecule has 0 saturated heterocycles. The van der Waals surface area contributed by atoms with Crippen molar-refractivity contribution in [2.75, 3.05) is 6.54 Å². The molecule has 0 radical (unpaired) electrons. The minimum absolute atomic E-state index is 0.0325. The first-order valence-corrected chi connectivity index (χ1v) is 6.73. The van der Waals surface area contributed by atoms with Crippen LogP contribution in [0.15, 0.2) is 47.4 Å². The molecule has 0 bridgehead atoms. The second kappa shape index (κ2) is 5.59. The van der Waals surface area contributed by atoms with Crippen molar-refractivity contribution in [2.45, 2.75) is 32.9 Å². The summed E-state index contributed by atoms with van der Waals surface area (Å²) < 4.78 is 1.47. The number of nitrogens with zero attached hydrogens (tertiary/aromatic N) is 2. The topological polar surface area (TPSA) is 46.9 Å². The van der Waals surface area contributed by atoms with Gasteiger partial charge in [-0.25, -0.2) is 4.68 Å². The molecule has 1 aromatic heterocycles. The molecule has 0 unspecified atom stereocenters. The van der Waals surface area contributed by atoms with E-state index < -0.39 is 0 Å². The lowest BCUT2D eigenvalue weighted by Gasteiger charge is -2.21. The quantitative estimate of drug-likeness (QED) is 0.868. The van der Waals surface area contributed by atoms with Gasteiger partial charge >= 0.3 is 0 Å². The van der Waals surface area contributed by atoms with Gasteiger partial charge in [0.15, 0.2) is 0 Å². The largest absolute Gasteiger partial charge is 0.308 e. The highest BCUT2D eigenvalue weighted by Crippen LogP contribution is 2.07. The average molecular weight is 271 g/mol. The van der Waals surface area contributed by atoms with Gasteiger partial charge in [-0.3, -0.25) is 4.79 Å². The molecular weight excluding hydrogens is 250 g/mol. The van der Waals surface area contributed by atoms with E-state index in [9.17, 15) is 4.79 Å². The van der Waals surface area contributed by atoms with E-state index in [-0.39, 0.29) is 11.1 Å². The van der Waals surface area contributed by atoms with Gasteiger partial charge in [0, 0.05) is 17.5 Å². The molecule has 1 N–H and O–H groups in total. The van der Waals surface area contributed by atoms with Crippen LogP contribution in [-0.2, 0) is 6.54 Å². The van der Waals surface area contributed by atoms with E-state index in [0.29, 0.717) is 18.5 Å². The molecule has 0 aliphatic carbocycles. The zero-order valence-electron chi connectivity index (χ0n) is 12.3. The van der Waals surface area contributed by atoms with Crippen LogP contribution in [0.4, 0.5) is 0 Å². The van der Waals surface area contributed by atoms with Crippen LogP contribution in [0.2, 0.25) is 0 Å². The van der Waals surface area contributed by atoms with Gasteiger partial charge in [0.05, 0.1) is 18.1 Å². The maximum Gasteiger partial charge on any atom is 0.274 e. The molecule has 0 amide bonds. The van der Waals surface area contributed by atoms with Crippen LogP contribution in [0.25, 0.3) is 10.8 Å². The Morgan fingerprint density at radius 1 is 1.35 bits per heavy atom. The Bertz CT molecular complexity index is 680. The van der Waals surface area contributed by atoms with E-state index in [1.54, 1.807) is 6.20 Å². The Labute approximate surface area is 119 Å². The van der Waals surface area contributed by atoms with Gasteiger partial charge in [-0.1, -0.05) is 24.8 Å². The van der Waals surface area contributed by atoms with Gasteiger partial charge < -0.3 is 5.32 Å². The van der Waals surface area contributed by atoms with Crippen molar-refractivity contribution in [2.24, 2.45) is 0 Å². The summed E-state index contributed by atoms with van der Waals surface area (Å²) in [6.07, 6.45) is 1.72. The molecule has 1 heterocycles. The van der Waals surface area contributed by atoms with Crippen LogP contribution in [0.5, 0.6) is 0 Å². The number of rotatable bonds is 4. The fraction of sp³-hybridized carbons (Fsp3) is 0.375. The average Bonchev–Trinajstić information content (AvgIpc) is 2.39. The van der Waals surface area contributed by atoms with Gasteiger partial charge in [-0.05, 0) is 32.4 Å². The zero-order valence-corrected chi connectivity index (χ0v) is 12.3.